The van der Waals surface area contributed by atoms with Crippen molar-refractivity contribution >= 4 is 29.3 Å². The van der Waals surface area contributed by atoms with E-state index in [4.69, 9.17) is 16.7 Å². The van der Waals surface area contributed by atoms with Crippen LogP contribution in [0.25, 0.3) is 0 Å². The van der Waals surface area contributed by atoms with Crippen molar-refractivity contribution in [1.82, 2.24) is 9.88 Å². The fourth-order valence-corrected chi connectivity index (χ4v) is 1.89. The van der Waals surface area contributed by atoms with Crippen molar-refractivity contribution in [1.29, 1.82) is 0 Å². The van der Waals surface area contributed by atoms with Crippen LogP contribution in [0.1, 0.15) is 13.3 Å². The summed E-state index contributed by atoms with van der Waals surface area (Å²) in [6, 6.07) is 2.57. The summed E-state index contributed by atoms with van der Waals surface area (Å²) in [5.41, 5.74) is 0. The molecule has 0 saturated heterocycles. The lowest BCUT2D eigenvalue weighted by atomic mass is 10.2. The number of pyridine rings is 1. The summed E-state index contributed by atoms with van der Waals surface area (Å²) in [5, 5.41) is 9.56. The molecule has 1 aromatic rings. The standard InChI is InChI=1S/C13H18ClN3O3/c1-4-10(13(19)20)17(3)12(18)8-16(2)11-6-5-9(14)7-15-11/h5-7,10H,4,8H2,1-3H3,(H,19,20). The van der Waals surface area contributed by atoms with Gasteiger partial charge < -0.3 is 14.9 Å². The molecule has 0 aliphatic heterocycles. The molecule has 1 N–H and O–H groups in total. The van der Waals surface area contributed by atoms with Gasteiger partial charge in [0.2, 0.25) is 5.91 Å². The van der Waals surface area contributed by atoms with E-state index in [9.17, 15) is 9.59 Å². The Kier molecular flexibility index (Phi) is 5.76. The molecule has 20 heavy (non-hydrogen) atoms. The molecule has 110 valence electrons. The zero-order chi connectivity index (χ0) is 15.3. The highest BCUT2D eigenvalue weighted by molar-refractivity contribution is 6.30. The van der Waals surface area contributed by atoms with Gasteiger partial charge >= 0.3 is 5.97 Å². The third-order valence-electron chi connectivity index (χ3n) is 3.01. The Hall–Kier alpha value is -1.82. The molecule has 6 nitrogen and oxygen atoms in total. The molecule has 0 radical (unpaired) electrons. The van der Waals surface area contributed by atoms with Crippen molar-refractivity contribution in [2.75, 3.05) is 25.5 Å². The van der Waals surface area contributed by atoms with Crippen LogP contribution in [-0.4, -0.2) is 53.5 Å². The van der Waals surface area contributed by atoms with E-state index < -0.39 is 12.0 Å². The van der Waals surface area contributed by atoms with E-state index >= 15 is 0 Å². The van der Waals surface area contributed by atoms with Crippen molar-refractivity contribution in [3.63, 3.8) is 0 Å². The first-order chi connectivity index (χ1) is 9.36. The zero-order valence-electron chi connectivity index (χ0n) is 11.7. The zero-order valence-corrected chi connectivity index (χ0v) is 12.5. The number of anilines is 1. The van der Waals surface area contributed by atoms with Gasteiger partial charge in [-0.3, -0.25) is 4.79 Å². The Morgan fingerprint density at radius 3 is 2.50 bits per heavy atom. The molecular weight excluding hydrogens is 282 g/mol. The van der Waals surface area contributed by atoms with E-state index in [2.05, 4.69) is 4.98 Å². The number of hydrogen-bond acceptors (Lipinski definition) is 4. The van der Waals surface area contributed by atoms with Crippen LogP contribution in [-0.2, 0) is 9.59 Å². The minimum Gasteiger partial charge on any atom is -0.480 e. The van der Waals surface area contributed by atoms with Crippen LogP contribution in [0.2, 0.25) is 5.02 Å². The van der Waals surface area contributed by atoms with E-state index in [1.54, 1.807) is 31.0 Å². The lowest BCUT2D eigenvalue weighted by molar-refractivity contribution is -0.148. The van der Waals surface area contributed by atoms with Crippen molar-refractivity contribution in [3.8, 4) is 0 Å². The summed E-state index contributed by atoms with van der Waals surface area (Å²) in [6.07, 6.45) is 1.86. The van der Waals surface area contributed by atoms with Gasteiger partial charge in [-0.2, -0.15) is 0 Å². The largest absolute Gasteiger partial charge is 0.480 e. The van der Waals surface area contributed by atoms with Crippen molar-refractivity contribution in [2.45, 2.75) is 19.4 Å². The van der Waals surface area contributed by atoms with Crippen LogP contribution in [0.5, 0.6) is 0 Å². The van der Waals surface area contributed by atoms with Gasteiger partial charge in [0.05, 0.1) is 11.6 Å². The summed E-state index contributed by atoms with van der Waals surface area (Å²) in [5.74, 6) is -0.686. The van der Waals surface area contributed by atoms with Crippen LogP contribution in [0.3, 0.4) is 0 Å². The Labute approximate surface area is 123 Å². The van der Waals surface area contributed by atoms with E-state index in [0.717, 1.165) is 0 Å². The maximum atomic E-state index is 12.1. The second-order valence-corrected chi connectivity index (χ2v) is 4.89. The van der Waals surface area contributed by atoms with Gasteiger partial charge in [0, 0.05) is 20.3 Å². The summed E-state index contributed by atoms with van der Waals surface area (Å²) in [6.45, 7) is 1.78. The lowest BCUT2D eigenvalue weighted by Gasteiger charge is -2.26. The molecule has 0 spiro atoms. The van der Waals surface area contributed by atoms with E-state index in [0.29, 0.717) is 17.3 Å². The predicted octanol–water partition coefficient (Wildman–Crippen LogP) is 1.49. The molecule has 0 aliphatic rings. The number of aliphatic carboxylic acids is 1. The quantitative estimate of drug-likeness (QED) is 0.861. The van der Waals surface area contributed by atoms with E-state index in [1.807, 2.05) is 0 Å². The molecule has 1 amide bonds. The maximum absolute atomic E-state index is 12.1. The smallest absolute Gasteiger partial charge is 0.326 e. The predicted molar refractivity (Wildman–Crippen MR) is 77.0 cm³/mol. The van der Waals surface area contributed by atoms with Crippen LogP contribution in [0.15, 0.2) is 18.3 Å². The highest BCUT2D eigenvalue weighted by Crippen LogP contribution is 2.13. The van der Waals surface area contributed by atoms with Crippen LogP contribution in [0.4, 0.5) is 5.82 Å². The van der Waals surface area contributed by atoms with Gasteiger partial charge in [-0.05, 0) is 18.6 Å². The van der Waals surface area contributed by atoms with Gasteiger partial charge in [-0.1, -0.05) is 18.5 Å². The SMILES string of the molecule is CCC(C(=O)O)N(C)C(=O)CN(C)c1ccc(Cl)cn1. The summed E-state index contributed by atoms with van der Waals surface area (Å²) >= 11 is 5.75. The van der Waals surface area contributed by atoms with Crippen LogP contribution in [0, 0.1) is 0 Å². The Bertz CT molecular complexity index is 478. The average Bonchev–Trinajstić information content (AvgIpc) is 2.39. The molecule has 0 saturated carbocycles. The molecule has 1 heterocycles. The summed E-state index contributed by atoms with van der Waals surface area (Å²) in [4.78, 5) is 30.1. The number of carbonyl (C=O) groups is 2. The highest BCUT2D eigenvalue weighted by atomic mass is 35.5. The lowest BCUT2D eigenvalue weighted by Crippen LogP contribution is -2.46. The topological polar surface area (TPSA) is 73.7 Å². The fraction of sp³-hybridized carbons (Fsp3) is 0.462. The summed E-state index contributed by atoms with van der Waals surface area (Å²) < 4.78 is 0. The van der Waals surface area contributed by atoms with Gasteiger partial charge in [0.25, 0.3) is 0 Å². The monoisotopic (exact) mass is 299 g/mol. The van der Waals surface area contributed by atoms with Gasteiger partial charge in [-0.25, -0.2) is 9.78 Å². The molecule has 1 unspecified atom stereocenters. The first kappa shape index (κ1) is 16.2. The van der Waals surface area contributed by atoms with Crippen LogP contribution >= 0.6 is 11.6 Å². The molecule has 1 aromatic heterocycles. The molecule has 1 rings (SSSR count). The Balaban J connectivity index is 2.69. The molecule has 0 aliphatic carbocycles. The number of halogens is 1. The molecule has 7 heteroatoms. The van der Waals surface area contributed by atoms with E-state index in [1.165, 1.54) is 18.1 Å². The second kappa shape index (κ2) is 7.09. The number of likely N-dealkylation sites (N-methyl/N-ethyl adjacent to an activating group) is 2. The normalized spacial score (nSPS) is 11.8. The number of amides is 1. The minimum absolute atomic E-state index is 0.0505. The minimum atomic E-state index is -1.00. The number of aromatic nitrogens is 1. The van der Waals surface area contributed by atoms with Crippen LogP contribution < -0.4 is 4.90 Å². The van der Waals surface area contributed by atoms with Crippen molar-refractivity contribution in [2.24, 2.45) is 0 Å². The molecule has 0 fully saturated rings. The first-order valence-corrected chi connectivity index (χ1v) is 6.55. The molecular formula is C13H18ClN3O3. The third kappa shape index (κ3) is 4.09. The average molecular weight is 300 g/mol. The Morgan fingerprint density at radius 1 is 1.40 bits per heavy atom. The van der Waals surface area contributed by atoms with Gasteiger partial charge in [0.15, 0.2) is 0 Å². The first-order valence-electron chi connectivity index (χ1n) is 6.18. The second-order valence-electron chi connectivity index (χ2n) is 4.46. The molecule has 0 aromatic carbocycles. The summed E-state index contributed by atoms with van der Waals surface area (Å²) in [7, 11) is 3.21. The van der Waals surface area contributed by atoms with Crippen molar-refractivity contribution < 1.29 is 14.7 Å². The number of nitrogens with zero attached hydrogens (tertiary/aromatic N) is 3. The Morgan fingerprint density at radius 2 is 2.05 bits per heavy atom. The number of hydrogen-bond donors (Lipinski definition) is 1. The number of carboxylic acid groups (broad SMARTS) is 1. The fourth-order valence-electron chi connectivity index (χ4n) is 1.78. The molecule has 0 bridgehead atoms. The number of carboxylic acids is 1. The van der Waals surface area contributed by atoms with E-state index in [-0.39, 0.29) is 12.5 Å². The number of rotatable bonds is 6. The van der Waals surface area contributed by atoms with Crippen molar-refractivity contribution in [3.05, 3.63) is 23.4 Å². The number of carbonyl (C=O) groups excluding carboxylic acids is 1. The van der Waals surface area contributed by atoms with Gasteiger partial charge in [-0.15, -0.1) is 0 Å². The molecule has 1 atom stereocenters. The maximum Gasteiger partial charge on any atom is 0.326 e. The van der Waals surface area contributed by atoms with Gasteiger partial charge in [0.1, 0.15) is 11.9 Å². The third-order valence-corrected chi connectivity index (χ3v) is 3.23. The highest BCUT2D eigenvalue weighted by Gasteiger charge is 2.25.